The third kappa shape index (κ3) is 1.91. The normalized spacial score (nSPS) is 14.7. The van der Waals surface area contributed by atoms with E-state index < -0.39 is 0 Å². The average molecular weight is 324 g/mol. The van der Waals surface area contributed by atoms with Crippen LogP contribution >= 0.6 is 27.3 Å². The minimum absolute atomic E-state index is 0.00669. The lowest BCUT2D eigenvalue weighted by molar-refractivity contribution is 0.0984. The second-order valence-electron chi connectivity index (χ2n) is 4.01. The molecular formula is C12H10BrN3OS. The predicted molar refractivity (Wildman–Crippen MR) is 76.0 cm³/mol. The van der Waals surface area contributed by atoms with Crippen LogP contribution in [0.4, 0.5) is 10.8 Å². The third-order valence-electron chi connectivity index (χ3n) is 2.86. The second kappa shape index (κ2) is 4.37. The largest absolute Gasteiger partial charge is 0.375 e. The molecule has 92 valence electrons. The van der Waals surface area contributed by atoms with E-state index in [4.69, 9.17) is 5.73 Å². The summed E-state index contributed by atoms with van der Waals surface area (Å²) in [5, 5.41) is 0.464. The van der Waals surface area contributed by atoms with Crippen molar-refractivity contribution in [1.82, 2.24) is 4.98 Å². The van der Waals surface area contributed by atoms with Crippen LogP contribution in [0.15, 0.2) is 28.7 Å². The number of nitrogen functional groups attached to an aromatic ring is 1. The van der Waals surface area contributed by atoms with E-state index in [0.29, 0.717) is 16.6 Å². The van der Waals surface area contributed by atoms with Crippen LogP contribution < -0.4 is 10.6 Å². The van der Waals surface area contributed by atoms with Crippen molar-refractivity contribution in [2.75, 3.05) is 17.2 Å². The minimum atomic E-state index is -0.00669. The summed E-state index contributed by atoms with van der Waals surface area (Å²) in [6.07, 6.45) is 0.755. The van der Waals surface area contributed by atoms with Gasteiger partial charge in [0.05, 0.1) is 5.69 Å². The maximum Gasteiger partial charge on any atom is 0.270 e. The molecule has 0 spiro atoms. The number of nitrogens with zero attached hydrogens (tertiary/aromatic N) is 2. The molecule has 0 bridgehead atoms. The Morgan fingerprint density at radius 1 is 1.33 bits per heavy atom. The molecule has 0 radical (unpaired) electrons. The van der Waals surface area contributed by atoms with Gasteiger partial charge >= 0.3 is 0 Å². The number of anilines is 2. The number of carbonyl (C=O) groups excluding carboxylic acids is 1. The zero-order valence-corrected chi connectivity index (χ0v) is 11.8. The van der Waals surface area contributed by atoms with Gasteiger partial charge in [0.2, 0.25) is 0 Å². The van der Waals surface area contributed by atoms with Crippen molar-refractivity contribution in [1.29, 1.82) is 0 Å². The topological polar surface area (TPSA) is 59.2 Å². The van der Waals surface area contributed by atoms with Crippen molar-refractivity contribution >= 4 is 44.0 Å². The number of aromatic nitrogens is 1. The monoisotopic (exact) mass is 323 g/mol. The van der Waals surface area contributed by atoms with Gasteiger partial charge in [-0.05, 0) is 24.3 Å². The molecule has 1 aromatic heterocycles. The van der Waals surface area contributed by atoms with Crippen LogP contribution in [0.2, 0.25) is 0 Å². The highest BCUT2D eigenvalue weighted by Gasteiger charge is 2.28. The zero-order valence-electron chi connectivity index (χ0n) is 9.39. The van der Waals surface area contributed by atoms with Gasteiger partial charge in [-0.25, -0.2) is 4.98 Å². The molecule has 1 aromatic carbocycles. The lowest BCUT2D eigenvalue weighted by Gasteiger charge is -2.26. The Labute approximate surface area is 117 Å². The summed E-state index contributed by atoms with van der Waals surface area (Å²) in [7, 11) is 0. The molecule has 1 aliphatic heterocycles. The van der Waals surface area contributed by atoms with Gasteiger partial charge < -0.3 is 10.6 Å². The number of thiazole rings is 1. The van der Waals surface area contributed by atoms with Crippen LogP contribution in [0, 0.1) is 0 Å². The van der Waals surface area contributed by atoms with Gasteiger partial charge in [0, 0.05) is 23.1 Å². The van der Waals surface area contributed by atoms with E-state index in [-0.39, 0.29) is 5.91 Å². The van der Waals surface area contributed by atoms with Crippen LogP contribution in [0.3, 0.4) is 0 Å². The van der Waals surface area contributed by atoms with Crippen LogP contribution in [0.1, 0.15) is 15.4 Å². The van der Waals surface area contributed by atoms with Gasteiger partial charge in [0.1, 0.15) is 4.88 Å². The Bertz CT molecular complexity index is 608. The number of rotatable bonds is 1. The van der Waals surface area contributed by atoms with Crippen LogP contribution in [0.5, 0.6) is 0 Å². The molecule has 1 amide bonds. The Morgan fingerprint density at radius 3 is 2.78 bits per heavy atom. The van der Waals surface area contributed by atoms with E-state index in [1.165, 1.54) is 11.3 Å². The predicted octanol–water partition coefficient (Wildman–Crippen LogP) is 2.69. The molecule has 6 heteroatoms. The number of hydrogen-bond acceptors (Lipinski definition) is 4. The SMILES string of the molecule is Nc1nc2c(s1)C(=O)N(c1ccc(Br)cc1)CC2. The Kier molecular flexibility index (Phi) is 2.83. The molecule has 0 atom stereocenters. The number of nitrogens with two attached hydrogens (primary N) is 1. The van der Waals surface area contributed by atoms with E-state index in [9.17, 15) is 4.79 Å². The molecular weight excluding hydrogens is 314 g/mol. The van der Waals surface area contributed by atoms with Crippen LogP contribution in [0.25, 0.3) is 0 Å². The van der Waals surface area contributed by atoms with Crippen molar-refractivity contribution in [2.24, 2.45) is 0 Å². The Morgan fingerprint density at radius 2 is 2.06 bits per heavy atom. The average Bonchev–Trinajstić information content (AvgIpc) is 2.73. The van der Waals surface area contributed by atoms with E-state index in [1.807, 2.05) is 24.3 Å². The fourth-order valence-electron chi connectivity index (χ4n) is 2.02. The van der Waals surface area contributed by atoms with Gasteiger partial charge in [-0.15, -0.1) is 0 Å². The van der Waals surface area contributed by atoms with E-state index in [2.05, 4.69) is 20.9 Å². The standard InChI is InChI=1S/C12H10BrN3OS/c13-7-1-3-8(4-2-7)16-6-5-9-10(11(16)17)18-12(14)15-9/h1-4H,5-6H2,(H2,14,15). The summed E-state index contributed by atoms with van der Waals surface area (Å²) in [4.78, 5) is 19.0. The molecule has 2 N–H and O–H groups in total. The molecule has 2 aromatic rings. The molecule has 0 fully saturated rings. The van der Waals surface area contributed by atoms with Crippen molar-refractivity contribution < 1.29 is 4.79 Å². The molecule has 0 aliphatic carbocycles. The van der Waals surface area contributed by atoms with Gasteiger partial charge in [0.25, 0.3) is 5.91 Å². The second-order valence-corrected chi connectivity index (χ2v) is 5.96. The Hall–Kier alpha value is -1.40. The lowest BCUT2D eigenvalue weighted by atomic mass is 10.1. The fourth-order valence-corrected chi connectivity index (χ4v) is 3.11. The first kappa shape index (κ1) is 11.7. The molecule has 0 saturated carbocycles. The molecule has 2 heterocycles. The quantitative estimate of drug-likeness (QED) is 0.877. The summed E-state index contributed by atoms with van der Waals surface area (Å²) < 4.78 is 0.999. The molecule has 1 aliphatic rings. The van der Waals surface area contributed by atoms with E-state index in [1.54, 1.807) is 4.90 Å². The first-order valence-electron chi connectivity index (χ1n) is 5.48. The highest BCUT2D eigenvalue weighted by molar-refractivity contribution is 9.10. The molecule has 0 unspecified atom stereocenters. The summed E-state index contributed by atoms with van der Waals surface area (Å²) in [6, 6.07) is 7.72. The number of fused-ring (bicyclic) bond motifs is 1. The van der Waals surface area contributed by atoms with Crippen molar-refractivity contribution in [3.05, 3.63) is 39.3 Å². The smallest absolute Gasteiger partial charge is 0.270 e. The maximum absolute atomic E-state index is 12.3. The van der Waals surface area contributed by atoms with Gasteiger partial charge in [-0.2, -0.15) is 0 Å². The molecule has 0 saturated heterocycles. The number of amides is 1. The number of hydrogen-bond donors (Lipinski definition) is 1. The number of halogens is 1. The maximum atomic E-state index is 12.3. The van der Waals surface area contributed by atoms with E-state index >= 15 is 0 Å². The number of carbonyl (C=O) groups is 1. The highest BCUT2D eigenvalue weighted by Crippen LogP contribution is 2.29. The highest BCUT2D eigenvalue weighted by atomic mass is 79.9. The summed E-state index contributed by atoms with van der Waals surface area (Å²) in [5.41, 5.74) is 7.39. The van der Waals surface area contributed by atoms with Crippen molar-refractivity contribution in [3.8, 4) is 0 Å². The summed E-state index contributed by atoms with van der Waals surface area (Å²) in [5.74, 6) is -0.00669. The summed E-state index contributed by atoms with van der Waals surface area (Å²) in [6.45, 7) is 0.649. The van der Waals surface area contributed by atoms with Crippen LogP contribution in [-0.2, 0) is 6.42 Å². The molecule has 4 nitrogen and oxygen atoms in total. The zero-order chi connectivity index (χ0) is 12.7. The lowest BCUT2D eigenvalue weighted by Crippen LogP contribution is -2.36. The molecule has 3 rings (SSSR count). The van der Waals surface area contributed by atoms with Gasteiger partial charge in [-0.1, -0.05) is 27.3 Å². The van der Waals surface area contributed by atoms with Gasteiger partial charge in [-0.3, -0.25) is 4.79 Å². The van der Waals surface area contributed by atoms with Crippen molar-refractivity contribution in [2.45, 2.75) is 6.42 Å². The minimum Gasteiger partial charge on any atom is -0.375 e. The summed E-state index contributed by atoms with van der Waals surface area (Å²) >= 11 is 4.65. The molecule has 18 heavy (non-hydrogen) atoms. The van der Waals surface area contributed by atoms with E-state index in [0.717, 1.165) is 22.3 Å². The number of benzene rings is 1. The first-order chi connectivity index (χ1) is 8.65. The Balaban J connectivity index is 1.97. The third-order valence-corrected chi connectivity index (χ3v) is 4.31. The fraction of sp³-hybridized carbons (Fsp3) is 0.167. The van der Waals surface area contributed by atoms with Crippen molar-refractivity contribution in [3.63, 3.8) is 0 Å². The van der Waals surface area contributed by atoms with Gasteiger partial charge in [0.15, 0.2) is 5.13 Å². The first-order valence-corrected chi connectivity index (χ1v) is 7.09. The van der Waals surface area contributed by atoms with Crippen LogP contribution in [-0.4, -0.2) is 17.4 Å².